The predicted octanol–water partition coefficient (Wildman–Crippen LogP) is 2.09. The molecule has 0 saturated carbocycles. The van der Waals surface area contributed by atoms with Crippen LogP contribution in [0.15, 0.2) is 48.8 Å². The van der Waals surface area contributed by atoms with Crippen molar-refractivity contribution in [1.82, 2.24) is 30.0 Å². The van der Waals surface area contributed by atoms with Crippen LogP contribution >= 0.6 is 0 Å². The molecule has 0 radical (unpaired) electrons. The number of nitrogens with one attached hydrogen (secondary N) is 1. The molecule has 0 unspecified atom stereocenters. The number of anilines is 1. The Morgan fingerprint density at radius 1 is 0.969 bits per heavy atom. The molecule has 1 N–H and O–H groups in total. The Hall–Kier alpha value is -3.26. The van der Waals surface area contributed by atoms with Gasteiger partial charge in [-0.1, -0.05) is 18.2 Å². The van der Waals surface area contributed by atoms with Gasteiger partial charge in [0.1, 0.15) is 0 Å². The number of para-hydroxylation sites is 1. The highest BCUT2D eigenvalue weighted by atomic mass is 16.1. The predicted molar refractivity (Wildman–Crippen MR) is 123 cm³/mol. The maximum absolute atomic E-state index is 12.9. The van der Waals surface area contributed by atoms with Crippen LogP contribution < -0.4 is 10.2 Å². The zero-order valence-corrected chi connectivity index (χ0v) is 18.3. The van der Waals surface area contributed by atoms with Crippen molar-refractivity contribution in [2.24, 2.45) is 0 Å². The van der Waals surface area contributed by atoms with Gasteiger partial charge in [-0.05, 0) is 50.4 Å². The van der Waals surface area contributed by atoms with Gasteiger partial charge in [0.15, 0.2) is 5.69 Å². The fourth-order valence-electron chi connectivity index (χ4n) is 4.62. The number of carbonyl (C=O) groups excluding carboxylic acids is 1. The number of piperazine rings is 1. The molecule has 0 atom stereocenters. The van der Waals surface area contributed by atoms with Gasteiger partial charge in [0.2, 0.25) is 5.95 Å². The minimum Gasteiger partial charge on any atom is -0.351 e. The van der Waals surface area contributed by atoms with Crippen LogP contribution in [0.2, 0.25) is 0 Å². The van der Waals surface area contributed by atoms with Crippen molar-refractivity contribution in [1.29, 1.82) is 0 Å². The zero-order valence-electron chi connectivity index (χ0n) is 18.3. The number of hydrogen-bond acceptors (Lipinski definition) is 6. The molecule has 0 bridgehead atoms. The van der Waals surface area contributed by atoms with Crippen LogP contribution in [0.4, 0.5) is 5.95 Å². The van der Waals surface area contributed by atoms with E-state index >= 15 is 0 Å². The van der Waals surface area contributed by atoms with E-state index in [0.29, 0.717) is 12.2 Å². The van der Waals surface area contributed by atoms with Crippen LogP contribution in [0, 0.1) is 0 Å². The van der Waals surface area contributed by atoms with Gasteiger partial charge in [-0.25, -0.2) is 14.6 Å². The van der Waals surface area contributed by atoms with Crippen molar-refractivity contribution in [3.8, 4) is 5.69 Å². The topological polar surface area (TPSA) is 79.2 Å². The molecule has 2 aromatic heterocycles. The highest BCUT2D eigenvalue weighted by Crippen LogP contribution is 2.27. The van der Waals surface area contributed by atoms with Crippen molar-refractivity contribution >= 4 is 11.9 Å². The van der Waals surface area contributed by atoms with E-state index in [0.717, 1.165) is 75.6 Å². The van der Waals surface area contributed by atoms with E-state index in [-0.39, 0.29) is 5.91 Å². The highest BCUT2D eigenvalue weighted by Gasteiger charge is 2.26. The van der Waals surface area contributed by atoms with E-state index in [1.165, 1.54) is 5.69 Å². The molecule has 1 aliphatic carbocycles. The average Bonchev–Trinajstić information content (AvgIpc) is 3.46. The quantitative estimate of drug-likeness (QED) is 0.577. The second kappa shape index (κ2) is 9.48. The standard InChI is InChI=1S/C24H29N7O/c32-23(22-20-9-4-10-21(20)31(28-22)19-7-2-1-3-8-19)25-13-6-14-29-15-17-30(18-16-29)24-26-11-5-12-27-24/h1-3,5,7-8,11-12H,4,6,9-10,13-18H2,(H,25,32). The second-order valence-corrected chi connectivity index (χ2v) is 8.36. The van der Waals surface area contributed by atoms with Crippen molar-refractivity contribution in [3.05, 3.63) is 65.7 Å². The lowest BCUT2D eigenvalue weighted by atomic mass is 10.2. The summed E-state index contributed by atoms with van der Waals surface area (Å²) in [5.41, 5.74) is 3.91. The Labute approximate surface area is 188 Å². The van der Waals surface area contributed by atoms with E-state index in [9.17, 15) is 4.79 Å². The third-order valence-corrected chi connectivity index (χ3v) is 6.29. The van der Waals surface area contributed by atoms with Crippen LogP contribution in [0.3, 0.4) is 0 Å². The number of amides is 1. The minimum absolute atomic E-state index is 0.0520. The molecular weight excluding hydrogens is 402 g/mol. The van der Waals surface area contributed by atoms with E-state index in [1.807, 2.05) is 41.1 Å². The summed E-state index contributed by atoms with van der Waals surface area (Å²) < 4.78 is 1.95. The van der Waals surface area contributed by atoms with Crippen LogP contribution in [-0.2, 0) is 12.8 Å². The summed E-state index contributed by atoms with van der Waals surface area (Å²) in [6.45, 7) is 5.47. The average molecular weight is 432 g/mol. The van der Waals surface area contributed by atoms with Gasteiger partial charge in [-0.3, -0.25) is 9.69 Å². The number of nitrogens with zero attached hydrogens (tertiary/aromatic N) is 6. The van der Waals surface area contributed by atoms with Gasteiger partial charge in [0.05, 0.1) is 5.69 Å². The highest BCUT2D eigenvalue weighted by molar-refractivity contribution is 5.94. The molecular formula is C24H29N7O. The maximum Gasteiger partial charge on any atom is 0.272 e. The Kier molecular flexibility index (Phi) is 6.11. The molecule has 3 aromatic rings. The van der Waals surface area contributed by atoms with Crippen LogP contribution in [0.25, 0.3) is 5.69 Å². The molecule has 166 valence electrons. The fourth-order valence-corrected chi connectivity index (χ4v) is 4.62. The zero-order chi connectivity index (χ0) is 21.8. The minimum atomic E-state index is -0.0520. The van der Waals surface area contributed by atoms with Gasteiger partial charge in [-0.15, -0.1) is 0 Å². The molecule has 0 spiro atoms. The van der Waals surface area contributed by atoms with Crippen LogP contribution in [-0.4, -0.2) is 69.8 Å². The van der Waals surface area contributed by atoms with E-state index < -0.39 is 0 Å². The molecule has 3 heterocycles. The molecule has 1 saturated heterocycles. The SMILES string of the molecule is O=C(NCCCN1CCN(c2ncccn2)CC1)c1nn(-c2ccccc2)c2c1CCC2. The number of hydrogen-bond donors (Lipinski definition) is 1. The van der Waals surface area contributed by atoms with Crippen molar-refractivity contribution in [3.63, 3.8) is 0 Å². The summed E-state index contributed by atoms with van der Waals surface area (Å²) in [6.07, 6.45) is 7.49. The van der Waals surface area contributed by atoms with E-state index in [1.54, 1.807) is 12.4 Å². The molecule has 1 aromatic carbocycles. The normalized spacial score (nSPS) is 16.2. The summed E-state index contributed by atoms with van der Waals surface area (Å²) in [4.78, 5) is 26.2. The molecule has 1 amide bonds. The van der Waals surface area contributed by atoms with Gasteiger partial charge >= 0.3 is 0 Å². The molecule has 32 heavy (non-hydrogen) atoms. The Morgan fingerprint density at radius 3 is 2.53 bits per heavy atom. The first-order chi connectivity index (χ1) is 15.8. The first-order valence-electron chi connectivity index (χ1n) is 11.5. The van der Waals surface area contributed by atoms with Crippen LogP contribution in [0.1, 0.15) is 34.6 Å². The Bertz CT molecular complexity index is 1040. The maximum atomic E-state index is 12.9. The molecule has 1 fully saturated rings. The van der Waals surface area contributed by atoms with Gasteiger partial charge in [0.25, 0.3) is 5.91 Å². The number of aromatic nitrogens is 4. The first-order valence-corrected chi connectivity index (χ1v) is 11.5. The fraction of sp³-hybridized carbons (Fsp3) is 0.417. The van der Waals surface area contributed by atoms with Gasteiger partial charge < -0.3 is 10.2 Å². The second-order valence-electron chi connectivity index (χ2n) is 8.36. The Morgan fingerprint density at radius 2 is 1.75 bits per heavy atom. The summed E-state index contributed by atoms with van der Waals surface area (Å²) in [5.74, 6) is 0.755. The number of fused-ring (bicyclic) bond motifs is 1. The third-order valence-electron chi connectivity index (χ3n) is 6.29. The summed E-state index contributed by atoms with van der Waals surface area (Å²) in [7, 11) is 0. The number of carbonyl (C=O) groups is 1. The van der Waals surface area contributed by atoms with E-state index in [2.05, 4.69) is 30.2 Å². The lowest BCUT2D eigenvalue weighted by Gasteiger charge is -2.34. The summed E-state index contributed by atoms with van der Waals surface area (Å²) in [5, 5.41) is 7.78. The van der Waals surface area contributed by atoms with Gasteiger partial charge in [-0.2, -0.15) is 5.10 Å². The smallest absolute Gasteiger partial charge is 0.272 e. The summed E-state index contributed by atoms with van der Waals surface area (Å²) in [6, 6.07) is 11.9. The van der Waals surface area contributed by atoms with Crippen molar-refractivity contribution in [2.45, 2.75) is 25.7 Å². The molecule has 8 heteroatoms. The van der Waals surface area contributed by atoms with E-state index in [4.69, 9.17) is 0 Å². The first kappa shape index (κ1) is 20.6. The number of rotatable bonds is 7. The van der Waals surface area contributed by atoms with Crippen molar-refractivity contribution in [2.75, 3.05) is 44.2 Å². The Balaban J connectivity index is 1.11. The largest absolute Gasteiger partial charge is 0.351 e. The lowest BCUT2D eigenvalue weighted by Crippen LogP contribution is -2.47. The lowest BCUT2D eigenvalue weighted by molar-refractivity contribution is 0.0945. The number of benzene rings is 1. The van der Waals surface area contributed by atoms with Crippen molar-refractivity contribution < 1.29 is 4.79 Å². The monoisotopic (exact) mass is 431 g/mol. The third kappa shape index (κ3) is 4.36. The molecule has 8 nitrogen and oxygen atoms in total. The molecule has 2 aliphatic rings. The molecule has 1 aliphatic heterocycles. The van der Waals surface area contributed by atoms with Crippen LogP contribution in [0.5, 0.6) is 0 Å². The van der Waals surface area contributed by atoms with Gasteiger partial charge in [0, 0.05) is 56.4 Å². The molecule has 5 rings (SSSR count). The summed E-state index contributed by atoms with van der Waals surface area (Å²) >= 11 is 0.